The summed E-state index contributed by atoms with van der Waals surface area (Å²) in [6, 6.07) is 0.742. The van der Waals surface area contributed by atoms with Gasteiger partial charge in [0, 0.05) is 11.3 Å². The SMILES string of the molecule is CCCCC[C@@H]1SC(C)(C)N[C@H]1CC. The molecule has 14 heavy (non-hydrogen) atoms. The van der Waals surface area contributed by atoms with E-state index in [9.17, 15) is 0 Å². The van der Waals surface area contributed by atoms with E-state index in [2.05, 4.69) is 44.8 Å². The molecule has 2 atom stereocenters. The fourth-order valence-corrected chi connectivity index (χ4v) is 3.94. The van der Waals surface area contributed by atoms with Crippen molar-refractivity contribution in [3.8, 4) is 0 Å². The minimum absolute atomic E-state index is 0.303. The maximum Gasteiger partial charge on any atom is 0.0594 e. The average molecular weight is 215 g/mol. The molecule has 0 amide bonds. The van der Waals surface area contributed by atoms with Crippen LogP contribution in [0.3, 0.4) is 0 Å². The number of nitrogens with one attached hydrogen (secondary N) is 1. The standard InChI is InChI=1S/C12H25NS/c1-5-7-8-9-11-10(6-2)13-12(3,4)14-11/h10-11,13H,5-9H2,1-4H3/t10-,11-/m0/s1. The topological polar surface area (TPSA) is 12.0 Å². The molecule has 0 aromatic carbocycles. The number of hydrogen-bond donors (Lipinski definition) is 1. The summed E-state index contributed by atoms with van der Waals surface area (Å²) in [4.78, 5) is 0.303. The third kappa shape index (κ3) is 3.47. The molecule has 1 saturated heterocycles. The first-order chi connectivity index (χ1) is 6.59. The van der Waals surface area contributed by atoms with Gasteiger partial charge >= 0.3 is 0 Å². The highest BCUT2D eigenvalue weighted by Gasteiger charge is 2.37. The minimum atomic E-state index is 0.303. The largest absolute Gasteiger partial charge is 0.299 e. The van der Waals surface area contributed by atoms with Gasteiger partial charge in [-0.1, -0.05) is 33.1 Å². The van der Waals surface area contributed by atoms with Crippen LogP contribution in [-0.4, -0.2) is 16.2 Å². The molecular weight excluding hydrogens is 190 g/mol. The quantitative estimate of drug-likeness (QED) is 0.700. The highest BCUT2D eigenvalue weighted by molar-refractivity contribution is 8.01. The molecule has 1 N–H and O–H groups in total. The van der Waals surface area contributed by atoms with Crippen LogP contribution in [0.4, 0.5) is 0 Å². The van der Waals surface area contributed by atoms with Crippen LogP contribution in [0.1, 0.15) is 59.8 Å². The van der Waals surface area contributed by atoms with Crippen molar-refractivity contribution in [2.45, 2.75) is 76.0 Å². The summed E-state index contributed by atoms with van der Waals surface area (Å²) in [5, 5.41) is 4.57. The van der Waals surface area contributed by atoms with Crippen molar-refractivity contribution in [1.29, 1.82) is 0 Å². The van der Waals surface area contributed by atoms with Crippen molar-refractivity contribution in [2.24, 2.45) is 0 Å². The predicted molar refractivity (Wildman–Crippen MR) is 66.8 cm³/mol. The Morgan fingerprint density at radius 1 is 1.21 bits per heavy atom. The molecule has 0 aromatic heterocycles. The normalized spacial score (nSPS) is 30.9. The molecular formula is C12H25NS. The molecule has 0 saturated carbocycles. The van der Waals surface area contributed by atoms with E-state index < -0.39 is 0 Å². The van der Waals surface area contributed by atoms with Crippen LogP contribution >= 0.6 is 11.8 Å². The van der Waals surface area contributed by atoms with Crippen molar-refractivity contribution in [1.82, 2.24) is 5.32 Å². The van der Waals surface area contributed by atoms with E-state index in [1.807, 2.05) is 0 Å². The molecule has 1 aliphatic rings. The van der Waals surface area contributed by atoms with E-state index in [0.717, 1.165) is 11.3 Å². The summed E-state index contributed by atoms with van der Waals surface area (Å²) >= 11 is 2.14. The number of hydrogen-bond acceptors (Lipinski definition) is 2. The van der Waals surface area contributed by atoms with Crippen molar-refractivity contribution < 1.29 is 0 Å². The molecule has 2 heteroatoms. The van der Waals surface area contributed by atoms with Gasteiger partial charge in [0.05, 0.1) is 4.87 Å². The highest BCUT2D eigenvalue weighted by atomic mass is 32.2. The molecule has 1 nitrogen and oxygen atoms in total. The molecule has 1 aliphatic heterocycles. The number of thioether (sulfide) groups is 1. The molecule has 0 spiro atoms. The number of unbranched alkanes of at least 4 members (excludes halogenated alkanes) is 2. The molecule has 0 aromatic rings. The molecule has 1 rings (SSSR count). The van der Waals surface area contributed by atoms with Gasteiger partial charge in [0.15, 0.2) is 0 Å². The van der Waals surface area contributed by atoms with Crippen molar-refractivity contribution in [3.63, 3.8) is 0 Å². The summed E-state index contributed by atoms with van der Waals surface area (Å²) in [5.41, 5.74) is 0. The van der Waals surface area contributed by atoms with E-state index in [-0.39, 0.29) is 0 Å². The van der Waals surface area contributed by atoms with Crippen LogP contribution in [0.2, 0.25) is 0 Å². The molecule has 1 fully saturated rings. The van der Waals surface area contributed by atoms with E-state index in [1.165, 1.54) is 32.1 Å². The Balaban J connectivity index is 2.35. The van der Waals surface area contributed by atoms with Gasteiger partial charge in [-0.15, -0.1) is 11.8 Å². The molecule has 0 unspecified atom stereocenters. The third-order valence-electron chi connectivity index (χ3n) is 2.96. The highest BCUT2D eigenvalue weighted by Crippen LogP contribution is 2.39. The Kier molecular flexibility index (Phi) is 4.78. The number of rotatable bonds is 5. The monoisotopic (exact) mass is 215 g/mol. The minimum Gasteiger partial charge on any atom is -0.299 e. The molecule has 0 bridgehead atoms. The average Bonchev–Trinajstić information content (AvgIpc) is 2.41. The molecule has 0 aliphatic carbocycles. The van der Waals surface area contributed by atoms with Crippen LogP contribution in [0.15, 0.2) is 0 Å². The van der Waals surface area contributed by atoms with Gasteiger partial charge in [0.2, 0.25) is 0 Å². The summed E-state index contributed by atoms with van der Waals surface area (Å²) in [6.45, 7) is 9.19. The maximum atomic E-state index is 3.72. The van der Waals surface area contributed by atoms with E-state index >= 15 is 0 Å². The van der Waals surface area contributed by atoms with Crippen LogP contribution < -0.4 is 5.32 Å². The zero-order chi connectivity index (χ0) is 10.6. The lowest BCUT2D eigenvalue weighted by Crippen LogP contribution is -2.37. The van der Waals surface area contributed by atoms with Crippen molar-refractivity contribution >= 4 is 11.8 Å². The van der Waals surface area contributed by atoms with Crippen molar-refractivity contribution in [3.05, 3.63) is 0 Å². The zero-order valence-corrected chi connectivity index (χ0v) is 10.9. The fraction of sp³-hybridized carbons (Fsp3) is 1.00. The van der Waals surface area contributed by atoms with Gasteiger partial charge in [-0.25, -0.2) is 0 Å². The first-order valence-corrected chi connectivity index (χ1v) is 6.92. The maximum absolute atomic E-state index is 3.72. The Bertz CT molecular complexity index is 168. The Morgan fingerprint density at radius 3 is 2.50 bits per heavy atom. The lowest BCUT2D eigenvalue weighted by atomic mass is 10.0. The van der Waals surface area contributed by atoms with E-state index in [1.54, 1.807) is 0 Å². The lowest BCUT2D eigenvalue weighted by molar-refractivity contribution is 0.437. The Hall–Kier alpha value is 0.310. The molecule has 1 heterocycles. The summed E-state index contributed by atoms with van der Waals surface area (Å²) in [7, 11) is 0. The molecule has 0 radical (unpaired) electrons. The summed E-state index contributed by atoms with van der Waals surface area (Å²) in [6.07, 6.45) is 6.81. The fourth-order valence-electron chi connectivity index (χ4n) is 2.25. The third-order valence-corrected chi connectivity index (χ3v) is 4.53. The van der Waals surface area contributed by atoms with Gasteiger partial charge in [0.1, 0.15) is 0 Å². The van der Waals surface area contributed by atoms with Gasteiger partial charge in [-0.3, -0.25) is 5.32 Å². The zero-order valence-electron chi connectivity index (χ0n) is 10.1. The van der Waals surface area contributed by atoms with Crippen LogP contribution in [0, 0.1) is 0 Å². The smallest absolute Gasteiger partial charge is 0.0594 e. The van der Waals surface area contributed by atoms with E-state index in [0.29, 0.717) is 4.87 Å². The second kappa shape index (κ2) is 5.41. The van der Waals surface area contributed by atoms with Gasteiger partial charge in [-0.2, -0.15) is 0 Å². The van der Waals surface area contributed by atoms with Gasteiger partial charge in [-0.05, 0) is 26.7 Å². The van der Waals surface area contributed by atoms with Crippen LogP contribution in [-0.2, 0) is 0 Å². The predicted octanol–water partition coefficient (Wildman–Crippen LogP) is 3.79. The first kappa shape index (κ1) is 12.4. The van der Waals surface area contributed by atoms with Gasteiger partial charge < -0.3 is 0 Å². The van der Waals surface area contributed by atoms with Gasteiger partial charge in [0.25, 0.3) is 0 Å². The van der Waals surface area contributed by atoms with Crippen molar-refractivity contribution in [2.75, 3.05) is 0 Å². The van der Waals surface area contributed by atoms with Crippen LogP contribution in [0.25, 0.3) is 0 Å². The Labute approximate surface area is 93.4 Å². The second-order valence-electron chi connectivity index (χ2n) is 4.82. The lowest BCUT2D eigenvalue weighted by Gasteiger charge is -2.17. The van der Waals surface area contributed by atoms with Crippen LogP contribution in [0.5, 0.6) is 0 Å². The molecule has 84 valence electrons. The van der Waals surface area contributed by atoms with E-state index in [4.69, 9.17) is 0 Å². The summed E-state index contributed by atoms with van der Waals surface area (Å²) in [5.74, 6) is 0. The summed E-state index contributed by atoms with van der Waals surface area (Å²) < 4.78 is 0. The first-order valence-electron chi connectivity index (χ1n) is 6.04. The second-order valence-corrected chi connectivity index (χ2v) is 6.68. The Morgan fingerprint density at radius 2 is 1.93 bits per heavy atom.